The molecule has 0 aromatic rings. The fourth-order valence-electron chi connectivity index (χ4n) is 2.09. The third kappa shape index (κ3) is 4.37. The average molecular weight is 229 g/mol. The molecule has 0 radical (unpaired) electrons. The Morgan fingerprint density at radius 2 is 2.19 bits per heavy atom. The summed E-state index contributed by atoms with van der Waals surface area (Å²) in [6, 6.07) is 1.29. The Morgan fingerprint density at radius 1 is 1.44 bits per heavy atom. The monoisotopic (exact) mass is 229 g/mol. The van der Waals surface area contributed by atoms with E-state index in [9.17, 15) is 0 Å². The number of hydrogen-bond donors (Lipinski definition) is 1. The van der Waals surface area contributed by atoms with Crippen LogP contribution >= 0.6 is 0 Å². The Bertz CT molecular complexity index is 189. The molecule has 0 bridgehead atoms. The molecule has 96 valence electrons. The van der Waals surface area contributed by atoms with Crippen LogP contribution in [0, 0.1) is 0 Å². The van der Waals surface area contributed by atoms with E-state index in [0.29, 0.717) is 12.1 Å². The van der Waals surface area contributed by atoms with Gasteiger partial charge in [0.25, 0.3) is 0 Å². The molecule has 0 aromatic carbocycles. The van der Waals surface area contributed by atoms with E-state index in [2.05, 4.69) is 36.0 Å². The van der Waals surface area contributed by atoms with Crippen LogP contribution in [0.25, 0.3) is 0 Å². The van der Waals surface area contributed by atoms with Gasteiger partial charge in [0.05, 0.1) is 6.61 Å². The summed E-state index contributed by atoms with van der Waals surface area (Å²) in [6.45, 7) is 11.0. The molecule has 0 aliphatic carbocycles. The summed E-state index contributed by atoms with van der Waals surface area (Å²) in [5, 5.41) is 3.43. The second kappa shape index (κ2) is 7.22. The zero-order valence-corrected chi connectivity index (χ0v) is 11.2. The molecule has 1 fully saturated rings. The van der Waals surface area contributed by atoms with Gasteiger partial charge in [0.15, 0.2) is 0 Å². The van der Waals surface area contributed by atoms with Crippen molar-refractivity contribution >= 4 is 0 Å². The fourth-order valence-corrected chi connectivity index (χ4v) is 2.09. The predicted molar refractivity (Wildman–Crippen MR) is 67.9 cm³/mol. The van der Waals surface area contributed by atoms with Crippen LogP contribution in [0.4, 0.5) is 0 Å². The summed E-state index contributed by atoms with van der Waals surface area (Å²) >= 11 is 0. The van der Waals surface area contributed by atoms with Gasteiger partial charge in [-0.1, -0.05) is 0 Å². The first kappa shape index (κ1) is 13.9. The van der Waals surface area contributed by atoms with Crippen LogP contribution in [-0.4, -0.2) is 75.4 Å². The number of rotatable bonds is 6. The molecule has 1 aliphatic heterocycles. The second-order valence-corrected chi connectivity index (χ2v) is 4.87. The molecule has 1 saturated heterocycles. The minimum Gasteiger partial charge on any atom is -0.383 e. The summed E-state index contributed by atoms with van der Waals surface area (Å²) in [4.78, 5) is 5.01. The summed E-state index contributed by atoms with van der Waals surface area (Å²) in [5.41, 5.74) is 0. The maximum absolute atomic E-state index is 5.02. The number of hydrogen-bond acceptors (Lipinski definition) is 4. The van der Waals surface area contributed by atoms with Crippen molar-refractivity contribution in [3.05, 3.63) is 0 Å². The Balaban J connectivity index is 2.18. The van der Waals surface area contributed by atoms with E-state index in [0.717, 1.165) is 19.7 Å². The maximum atomic E-state index is 5.02. The molecule has 0 amide bonds. The molecule has 0 spiro atoms. The van der Waals surface area contributed by atoms with Crippen LogP contribution in [0.5, 0.6) is 0 Å². The second-order valence-electron chi connectivity index (χ2n) is 4.87. The van der Waals surface area contributed by atoms with Crippen LogP contribution in [0.2, 0.25) is 0 Å². The lowest BCUT2D eigenvalue weighted by Crippen LogP contribution is -2.54. The lowest BCUT2D eigenvalue weighted by atomic mass is 10.1. The van der Waals surface area contributed by atoms with Crippen molar-refractivity contribution in [1.29, 1.82) is 0 Å². The molecule has 1 rings (SSSR count). The highest BCUT2D eigenvalue weighted by molar-refractivity contribution is 4.80. The molecule has 1 N–H and O–H groups in total. The van der Waals surface area contributed by atoms with Crippen LogP contribution in [0.15, 0.2) is 0 Å². The van der Waals surface area contributed by atoms with Crippen molar-refractivity contribution in [2.75, 3.05) is 53.5 Å². The van der Waals surface area contributed by atoms with E-state index in [4.69, 9.17) is 4.74 Å². The van der Waals surface area contributed by atoms with Gasteiger partial charge < -0.3 is 15.0 Å². The molecule has 0 aromatic heterocycles. The number of nitrogens with zero attached hydrogens (tertiary/aromatic N) is 2. The van der Waals surface area contributed by atoms with Crippen molar-refractivity contribution < 1.29 is 4.74 Å². The highest BCUT2D eigenvalue weighted by atomic mass is 16.5. The van der Waals surface area contributed by atoms with E-state index in [1.165, 1.54) is 19.6 Å². The quantitative estimate of drug-likeness (QED) is 0.661. The SMILES string of the molecule is COCCNCC(C)N1CCN(C)C(C)C1. The van der Waals surface area contributed by atoms with Gasteiger partial charge in [0.2, 0.25) is 0 Å². The van der Waals surface area contributed by atoms with Crippen molar-refractivity contribution in [2.45, 2.75) is 25.9 Å². The first-order valence-electron chi connectivity index (χ1n) is 6.29. The van der Waals surface area contributed by atoms with Gasteiger partial charge in [-0.2, -0.15) is 0 Å². The third-order valence-corrected chi connectivity index (χ3v) is 3.54. The van der Waals surface area contributed by atoms with Gasteiger partial charge >= 0.3 is 0 Å². The molecular weight excluding hydrogens is 202 g/mol. The lowest BCUT2D eigenvalue weighted by molar-refractivity contribution is 0.0765. The molecule has 1 heterocycles. The number of likely N-dealkylation sites (N-methyl/N-ethyl adjacent to an activating group) is 1. The summed E-state index contributed by atoms with van der Waals surface area (Å²) in [6.07, 6.45) is 0. The van der Waals surface area contributed by atoms with Crippen molar-refractivity contribution in [1.82, 2.24) is 15.1 Å². The van der Waals surface area contributed by atoms with Crippen LogP contribution in [-0.2, 0) is 4.74 Å². The Labute approximate surface area is 99.9 Å². The molecule has 1 aliphatic rings. The van der Waals surface area contributed by atoms with Gasteiger partial charge in [-0.05, 0) is 20.9 Å². The number of piperazine rings is 1. The van der Waals surface area contributed by atoms with E-state index in [-0.39, 0.29) is 0 Å². The molecular formula is C12H27N3O. The van der Waals surface area contributed by atoms with Gasteiger partial charge in [-0.3, -0.25) is 4.90 Å². The maximum Gasteiger partial charge on any atom is 0.0587 e. The van der Waals surface area contributed by atoms with Crippen LogP contribution < -0.4 is 5.32 Å². The minimum absolute atomic E-state index is 0.619. The Hall–Kier alpha value is -0.160. The van der Waals surface area contributed by atoms with Crippen molar-refractivity contribution in [2.24, 2.45) is 0 Å². The average Bonchev–Trinajstić information content (AvgIpc) is 2.28. The molecule has 0 saturated carbocycles. The normalized spacial score (nSPS) is 25.9. The van der Waals surface area contributed by atoms with Gasteiger partial charge in [-0.25, -0.2) is 0 Å². The fraction of sp³-hybridized carbons (Fsp3) is 1.00. The van der Waals surface area contributed by atoms with Gasteiger partial charge in [0.1, 0.15) is 0 Å². The van der Waals surface area contributed by atoms with Crippen LogP contribution in [0.1, 0.15) is 13.8 Å². The van der Waals surface area contributed by atoms with E-state index in [1.807, 2.05) is 0 Å². The largest absolute Gasteiger partial charge is 0.383 e. The molecule has 2 unspecified atom stereocenters. The third-order valence-electron chi connectivity index (χ3n) is 3.54. The van der Waals surface area contributed by atoms with Gasteiger partial charge in [-0.15, -0.1) is 0 Å². The van der Waals surface area contributed by atoms with Crippen LogP contribution in [0.3, 0.4) is 0 Å². The van der Waals surface area contributed by atoms with Crippen molar-refractivity contribution in [3.63, 3.8) is 0 Å². The number of nitrogens with one attached hydrogen (secondary N) is 1. The number of methoxy groups -OCH3 is 1. The molecule has 4 nitrogen and oxygen atoms in total. The summed E-state index contributed by atoms with van der Waals surface area (Å²) in [5.74, 6) is 0. The van der Waals surface area contributed by atoms with Gasteiger partial charge in [0, 0.05) is 51.9 Å². The summed E-state index contributed by atoms with van der Waals surface area (Å²) < 4.78 is 5.02. The molecule has 16 heavy (non-hydrogen) atoms. The van der Waals surface area contributed by atoms with Crippen molar-refractivity contribution in [3.8, 4) is 0 Å². The molecule has 2 atom stereocenters. The Kier molecular flexibility index (Phi) is 6.28. The highest BCUT2D eigenvalue weighted by Crippen LogP contribution is 2.09. The summed E-state index contributed by atoms with van der Waals surface area (Å²) in [7, 11) is 3.96. The molecule has 4 heteroatoms. The minimum atomic E-state index is 0.619. The highest BCUT2D eigenvalue weighted by Gasteiger charge is 2.23. The zero-order chi connectivity index (χ0) is 12.0. The predicted octanol–water partition coefficient (Wildman–Crippen LogP) is 0.247. The number of ether oxygens (including phenoxy) is 1. The topological polar surface area (TPSA) is 27.7 Å². The standard InChI is InChI=1S/C12H27N3O/c1-11(9-13-5-8-16-4)15-7-6-14(3)12(2)10-15/h11-13H,5-10H2,1-4H3. The zero-order valence-electron chi connectivity index (χ0n) is 11.2. The Morgan fingerprint density at radius 3 is 2.81 bits per heavy atom. The first-order valence-corrected chi connectivity index (χ1v) is 6.29. The van der Waals surface area contributed by atoms with E-state index < -0.39 is 0 Å². The lowest BCUT2D eigenvalue weighted by Gasteiger charge is -2.40. The smallest absolute Gasteiger partial charge is 0.0587 e. The van der Waals surface area contributed by atoms with E-state index in [1.54, 1.807) is 7.11 Å². The van der Waals surface area contributed by atoms with E-state index >= 15 is 0 Å². The first-order chi connectivity index (χ1) is 7.65.